The molecule has 1 aromatic heterocycles. The molecule has 0 radical (unpaired) electrons. The molecule has 146 valence electrons. The molecule has 0 atom stereocenters. The van der Waals surface area contributed by atoms with Gasteiger partial charge in [0.2, 0.25) is 0 Å². The molecule has 0 spiro atoms. The molecular weight excluding hydrogens is 378 g/mol. The summed E-state index contributed by atoms with van der Waals surface area (Å²) in [6.45, 7) is 5.57. The van der Waals surface area contributed by atoms with Crippen LogP contribution < -0.4 is 20.1 Å². The lowest BCUT2D eigenvalue weighted by atomic mass is 10.1. The fourth-order valence-corrected chi connectivity index (χ4v) is 3.55. The van der Waals surface area contributed by atoms with Gasteiger partial charge in [0.25, 0.3) is 5.56 Å². The number of benzene rings is 1. The zero-order valence-electron chi connectivity index (χ0n) is 15.5. The number of aromatic nitrogens is 1. The lowest BCUT2D eigenvalue weighted by molar-refractivity contribution is -0.135. The van der Waals surface area contributed by atoms with Crippen LogP contribution in [0.1, 0.15) is 12.5 Å². The van der Waals surface area contributed by atoms with Gasteiger partial charge in [-0.15, -0.1) is 11.3 Å². The molecule has 2 rings (SSSR count). The van der Waals surface area contributed by atoms with E-state index in [9.17, 15) is 14.9 Å². The van der Waals surface area contributed by atoms with E-state index in [1.165, 1.54) is 10.6 Å². The lowest BCUT2D eigenvalue weighted by Gasteiger charge is -2.03. The Morgan fingerprint density at radius 3 is 2.93 bits per heavy atom. The molecule has 2 N–H and O–H groups in total. The first-order chi connectivity index (χ1) is 13.5. The number of rotatable bonds is 8. The predicted octanol–water partition coefficient (Wildman–Crippen LogP) is 0.718. The Hall–Kier alpha value is -3.15. The number of hydrogen-bond acceptors (Lipinski definition) is 7. The number of hydrogen-bond donors (Lipinski definition) is 2. The highest BCUT2D eigenvalue weighted by Gasteiger charge is 2.16. The minimum Gasteiger partial charge on any atom is -0.457 e. The van der Waals surface area contributed by atoms with Gasteiger partial charge in [0, 0.05) is 25.0 Å². The highest BCUT2D eigenvalue weighted by Crippen LogP contribution is 2.10. The Morgan fingerprint density at radius 1 is 1.50 bits per heavy atom. The van der Waals surface area contributed by atoms with Gasteiger partial charge in [-0.3, -0.25) is 9.36 Å². The number of anilines is 1. The standard InChI is InChI=1S/C20H21N3O4S/c1-3-10-27-20(26)16(12-21)19-23(4-2)18(25)17(28-19)13-22-15-7-5-6-14(11-15)8-9-24/h3,5-7,11,13,22,24H,1,4,8-10H2,2H3. The van der Waals surface area contributed by atoms with E-state index in [2.05, 4.69) is 11.9 Å². The zero-order valence-corrected chi connectivity index (χ0v) is 16.3. The number of aliphatic hydroxyl groups is 1. The molecular formula is C20H21N3O4S. The summed E-state index contributed by atoms with van der Waals surface area (Å²) in [7, 11) is 0. The fraction of sp³-hybridized carbons (Fsp3) is 0.250. The van der Waals surface area contributed by atoms with Gasteiger partial charge < -0.3 is 15.2 Å². The number of esters is 1. The Balaban J connectivity index is 2.49. The first-order valence-electron chi connectivity index (χ1n) is 8.64. The van der Waals surface area contributed by atoms with Crippen LogP contribution in [0.15, 0.2) is 41.7 Å². The number of nitriles is 1. The van der Waals surface area contributed by atoms with Crippen LogP contribution in [0.5, 0.6) is 0 Å². The maximum absolute atomic E-state index is 12.6. The largest absolute Gasteiger partial charge is 0.457 e. The van der Waals surface area contributed by atoms with Crippen molar-refractivity contribution in [2.24, 2.45) is 0 Å². The molecule has 0 aliphatic rings. The van der Waals surface area contributed by atoms with Gasteiger partial charge in [0.15, 0.2) is 5.57 Å². The average Bonchev–Trinajstić information content (AvgIpc) is 3.01. The van der Waals surface area contributed by atoms with Crippen molar-refractivity contribution in [2.45, 2.75) is 19.9 Å². The number of carbonyl (C=O) groups is 1. The number of nitrogens with zero attached hydrogens (tertiary/aromatic N) is 2. The van der Waals surface area contributed by atoms with Gasteiger partial charge in [-0.05, 0) is 31.0 Å². The third kappa shape index (κ3) is 4.97. The molecule has 0 aliphatic heterocycles. The number of aliphatic hydroxyl groups excluding tert-OH is 1. The van der Waals surface area contributed by atoms with Crippen LogP contribution in [-0.4, -0.2) is 28.9 Å². The lowest BCUT2D eigenvalue weighted by Crippen LogP contribution is -2.32. The number of carbonyl (C=O) groups excluding carboxylic acids is 1. The summed E-state index contributed by atoms with van der Waals surface area (Å²) >= 11 is 1.05. The zero-order chi connectivity index (χ0) is 20.5. The fourth-order valence-electron chi connectivity index (χ4n) is 2.47. The van der Waals surface area contributed by atoms with Gasteiger partial charge >= 0.3 is 5.97 Å². The maximum atomic E-state index is 12.6. The molecule has 28 heavy (non-hydrogen) atoms. The second kappa shape index (κ2) is 10.3. The van der Waals surface area contributed by atoms with Gasteiger partial charge in [-0.2, -0.15) is 5.26 Å². The van der Waals surface area contributed by atoms with Gasteiger partial charge in [0.1, 0.15) is 21.9 Å². The summed E-state index contributed by atoms with van der Waals surface area (Å²) < 4.78 is 6.92. The van der Waals surface area contributed by atoms with Crippen molar-refractivity contribution in [1.29, 1.82) is 5.26 Å². The van der Waals surface area contributed by atoms with E-state index in [1.54, 1.807) is 13.1 Å². The van der Waals surface area contributed by atoms with E-state index >= 15 is 0 Å². The predicted molar refractivity (Wildman–Crippen MR) is 109 cm³/mol. The molecule has 2 aromatic rings. The normalized spacial score (nSPS) is 12.2. The van der Waals surface area contributed by atoms with Crippen LogP contribution in [0.4, 0.5) is 5.69 Å². The summed E-state index contributed by atoms with van der Waals surface area (Å²) in [4.78, 5) is 24.8. The topological polar surface area (TPSA) is 104 Å². The molecule has 1 heterocycles. The van der Waals surface area contributed by atoms with Crippen LogP contribution in [-0.2, 0) is 22.5 Å². The van der Waals surface area contributed by atoms with E-state index in [0.29, 0.717) is 17.5 Å². The van der Waals surface area contributed by atoms with Crippen molar-refractivity contribution in [3.05, 3.63) is 62.0 Å². The van der Waals surface area contributed by atoms with Crippen molar-refractivity contribution < 1.29 is 14.6 Å². The summed E-state index contributed by atoms with van der Waals surface area (Å²) in [5.74, 6) is -0.790. The van der Waals surface area contributed by atoms with Gasteiger partial charge in [0.05, 0.1) is 0 Å². The second-order valence-electron chi connectivity index (χ2n) is 5.66. The van der Waals surface area contributed by atoms with E-state index in [1.807, 2.05) is 30.3 Å². The van der Waals surface area contributed by atoms with Crippen LogP contribution in [0.3, 0.4) is 0 Å². The van der Waals surface area contributed by atoms with Crippen molar-refractivity contribution in [3.63, 3.8) is 0 Å². The summed E-state index contributed by atoms with van der Waals surface area (Å²) in [5.41, 5.74) is 1.21. The molecule has 0 amide bonds. The van der Waals surface area contributed by atoms with E-state index in [0.717, 1.165) is 22.6 Å². The molecule has 7 nitrogen and oxygen atoms in total. The van der Waals surface area contributed by atoms with Crippen LogP contribution >= 0.6 is 11.3 Å². The monoisotopic (exact) mass is 399 g/mol. The van der Waals surface area contributed by atoms with Crippen molar-refractivity contribution >= 4 is 34.8 Å². The van der Waals surface area contributed by atoms with Gasteiger partial charge in [-0.25, -0.2) is 4.79 Å². The highest BCUT2D eigenvalue weighted by atomic mass is 32.1. The maximum Gasteiger partial charge on any atom is 0.352 e. The number of ether oxygens (including phenoxy) is 1. The number of nitrogens with one attached hydrogen (secondary N) is 1. The third-order valence-electron chi connectivity index (χ3n) is 3.78. The Bertz CT molecular complexity index is 1080. The minimum atomic E-state index is -0.790. The smallest absolute Gasteiger partial charge is 0.352 e. The summed E-state index contributed by atoms with van der Waals surface area (Å²) in [6.07, 6.45) is 3.49. The first kappa shape index (κ1) is 21.2. The van der Waals surface area contributed by atoms with Crippen molar-refractivity contribution in [3.8, 4) is 6.07 Å². The van der Waals surface area contributed by atoms with Crippen LogP contribution in [0.2, 0.25) is 0 Å². The molecule has 0 aliphatic carbocycles. The second-order valence-corrected chi connectivity index (χ2v) is 6.69. The molecule has 0 fully saturated rings. The third-order valence-corrected chi connectivity index (χ3v) is 4.91. The van der Waals surface area contributed by atoms with E-state index < -0.39 is 5.97 Å². The molecule has 0 saturated heterocycles. The first-order valence-corrected chi connectivity index (χ1v) is 9.45. The van der Waals surface area contributed by atoms with E-state index in [-0.39, 0.29) is 29.0 Å². The quantitative estimate of drug-likeness (QED) is 0.501. The van der Waals surface area contributed by atoms with Gasteiger partial charge in [-0.1, -0.05) is 24.8 Å². The van der Waals surface area contributed by atoms with E-state index in [4.69, 9.17) is 9.84 Å². The Labute approximate surface area is 166 Å². The summed E-state index contributed by atoms with van der Waals surface area (Å²) in [6, 6.07) is 9.30. The van der Waals surface area contributed by atoms with Crippen molar-refractivity contribution in [1.82, 2.24) is 4.57 Å². The SMILES string of the molecule is C=CCOC(=O)C(C#N)=c1sc(=CNc2cccc(CCO)c2)c(=O)n1CC. The Morgan fingerprint density at radius 2 is 2.29 bits per heavy atom. The summed E-state index contributed by atoms with van der Waals surface area (Å²) in [5, 5.41) is 21.5. The van der Waals surface area contributed by atoms with Crippen molar-refractivity contribution in [2.75, 3.05) is 18.5 Å². The highest BCUT2D eigenvalue weighted by molar-refractivity contribution is 7.07. The molecule has 1 aromatic carbocycles. The van der Waals surface area contributed by atoms with Crippen LogP contribution in [0.25, 0.3) is 11.8 Å². The minimum absolute atomic E-state index is 0.0174. The molecule has 8 heteroatoms. The average molecular weight is 399 g/mol. The molecule has 0 bridgehead atoms. The number of thiazole rings is 1. The Kier molecular flexibility index (Phi) is 7.75. The van der Waals surface area contributed by atoms with Crippen LogP contribution in [0, 0.1) is 11.3 Å². The molecule has 0 unspecified atom stereocenters. The molecule has 0 saturated carbocycles.